The molecule has 0 atom stereocenters. The normalized spacial score (nSPS) is 15.5. The molecular weight excluding hydrogens is 286 g/mol. The minimum Gasteiger partial charge on any atom is -0.251 e. The molecule has 0 aliphatic carbocycles. The van der Waals surface area contributed by atoms with Gasteiger partial charge < -0.3 is 0 Å². The molecule has 0 saturated carbocycles. The Hall–Kier alpha value is -1.24. The lowest BCUT2D eigenvalue weighted by Gasteiger charge is -2.14. The second-order valence-electron chi connectivity index (χ2n) is 2.85. The fraction of sp³-hybridized carbons (Fsp3) is 0.125. The smallest absolute Gasteiger partial charge is 0.227 e. The third-order valence-electron chi connectivity index (χ3n) is 1.71. The molecule has 0 saturated heterocycles. The van der Waals surface area contributed by atoms with Crippen LogP contribution in [0, 0.1) is 0 Å². The highest BCUT2D eigenvalue weighted by Crippen LogP contribution is 2.09. The highest BCUT2D eigenvalue weighted by Gasteiger charge is 2.07. The van der Waals surface area contributed by atoms with Crippen LogP contribution in [0.4, 0.5) is 0 Å². The second kappa shape index (κ2) is 5.39. The summed E-state index contributed by atoms with van der Waals surface area (Å²) in [6.45, 7) is 0.337. The maximum atomic E-state index is 5.84. The van der Waals surface area contributed by atoms with Gasteiger partial charge in [-0.25, -0.2) is 9.41 Å². The minimum atomic E-state index is 0.0273. The third kappa shape index (κ3) is 3.36. The summed E-state index contributed by atoms with van der Waals surface area (Å²) in [5.41, 5.74) is 0. The lowest BCUT2D eigenvalue weighted by atomic mass is 10.4. The molecule has 2 rings (SSSR count). The Labute approximate surface area is 112 Å². The van der Waals surface area contributed by atoms with Crippen molar-refractivity contribution in [1.82, 2.24) is 19.4 Å². The van der Waals surface area contributed by atoms with Crippen LogP contribution in [0.2, 0.25) is 10.6 Å². The molecule has 0 fully saturated rings. The van der Waals surface area contributed by atoms with Crippen LogP contribution in [0.3, 0.4) is 0 Å². The second-order valence-corrected chi connectivity index (χ2v) is 3.94. The maximum absolute atomic E-state index is 5.84. The van der Waals surface area contributed by atoms with E-state index in [4.69, 9.17) is 35.0 Å². The molecule has 0 amide bonds. The predicted octanol–water partition coefficient (Wildman–Crippen LogP) is 2.05. The van der Waals surface area contributed by atoms with Crippen molar-refractivity contribution in [2.45, 2.75) is 0 Å². The number of aromatic nitrogens is 3. The molecule has 1 aromatic heterocycles. The van der Waals surface area contributed by atoms with Gasteiger partial charge in [-0.2, -0.15) is 15.0 Å². The molecule has 0 spiro atoms. The number of hydrogen-bond acceptors (Lipinski definition) is 6. The zero-order valence-corrected chi connectivity index (χ0v) is 10.5. The molecule has 0 aromatic carbocycles. The highest BCUT2D eigenvalue weighted by molar-refractivity contribution is 6.31. The number of rotatable bonds is 2. The standard InChI is InChI=1S/C8H5Cl3N6/c9-7-14-5(15-8(10)16-7)1-2-6-13-3-12-4-17(6)11/h1-3H,4H2. The molecule has 17 heavy (non-hydrogen) atoms. The Morgan fingerprint density at radius 1 is 1.12 bits per heavy atom. The molecule has 88 valence electrons. The van der Waals surface area contributed by atoms with Gasteiger partial charge in [-0.1, -0.05) is 0 Å². The van der Waals surface area contributed by atoms with Crippen LogP contribution in [-0.2, 0) is 0 Å². The molecule has 0 bridgehead atoms. The van der Waals surface area contributed by atoms with E-state index in [1.54, 1.807) is 12.2 Å². The SMILES string of the molecule is Clc1nc(Cl)nc(C=CC2=NC=NCN2Cl)n1. The summed E-state index contributed by atoms with van der Waals surface area (Å²) < 4.78 is 1.35. The van der Waals surface area contributed by atoms with Gasteiger partial charge in [-0.05, 0) is 35.4 Å². The summed E-state index contributed by atoms with van der Waals surface area (Å²) in [6, 6.07) is 0. The van der Waals surface area contributed by atoms with Gasteiger partial charge in [0.25, 0.3) is 0 Å². The molecule has 9 heteroatoms. The first-order chi connectivity index (χ1) is 8.15. The van der Waals surface area contributed by atoms with Crippen molar-refractivity contribution in [2.75, 3.05) is 6.67 Å². The Morgan fingerprint density at radius 3 is 2.47 bits per heavy atom. The average molecular weight is 292 g/mol. The molecular formula is C8H5Cl3N6. The van der Waals surface area contributed by atoms with Gasteiger partial charge in [0.15, 0.2) is 5.82 Å². The van der Waals surface area contributed by atoms with Gasteiger partial charge in [0.2, 0.25) is 10.6 Å². The van der Waals surface area contributed by atoms with Gasteiger partial charge in [0.05, 0.1) is 0 Å². The first kappa shape index (κ1) is 12.2. The molecule has 0 N–H and O–H groups in total. The number of aliphatic imine (C=N–C) groups is 2. The van der Waals surface area contributed by atoms with Crippen LogP contribution in [0.5, 0.6) is 0 Å². The topological polar surface area (TPSA) is 66.6 Å². The van der Waals surface area contributed by atoms with E-state index in [0.717, 1.165) is 0 Å². The number of amidine groups is 1. The fourth-order valence-corrected chi connectivity index (χ4v) is 1.57. The van der Waals surface area contributed by atoms with Crippen LogP contribution < -0.4 is 0 Å². The monoisotopic (exact) mass is 290 g/mol. The Kier molecular flexibility index (Phi) is 3.88. The molecule has 2 heterocycles. The zero-order chi connectivity index (χ0) is 12.3. The first-order valence-electron chi connectivity index (χ1n) is 4.40. The number of hydrogen-bond donors (Lipinski definition) is 0. The highest BCUT2D eigenvalue weighted by atomic mass is 35.5. The van der Waals surface area contributed by atoms with Crippen molar-refractivity contribution in [3.63, 3.8) is 0 Å². The minimum absolute atomic E-state index is 0.0273. The molecule has 6 nitrogen and oxygen atoms in total. The Balaban J connectivity index is 2.20. The van der Waals surface area contributed by atoms with Crippen LogP contribution in [0.15, 0.2) is 16.1 Å². The van der Waals surface area contributed by atoms with E-state index in [9.17, 15) is 0 Å². The van der Waals surface area contributed by atoms with Crippen molar-refractivity contribution < 1.29 is 0 Å². The molecule has 1 aromatic rings. The van der Waals surface area contributed by atoms with E-state index in [2.05, 4.69) is 24.9 Å². The van der Waals surface area contributed by atoms with Crippen molar-refractivity contribution in [2.24, 2.45) is 9.98 Å². The number of nitrogens with zero attached hydrogens (tertiary/aromatic N) is 6. The average Bonchev–Trinajstić information content (AvgIpc) is 2.27. The summed E-state index contributed by atoms with van der Waals surface area (Å²) >= 11 is 17.1. The van der Waals surface area contributed by atoms with E-state index in [-0.39, 0.29) is 10.6 Å². The number of halogens is 3. The van der Waals surface area contributed by atoms with Crippen molar-refractivity contribution in [3.05, 3.63) is 22.5 Å². The van der Waals surface area contributed by atoms with Crippen LogP contribution in [0.25, 0.3) is 6.08 Å². The molecule has 1 aliphatic heterocycles. The summed E-state index contributed by atoms with van der Waals surface area (Å²) in [5, 5.41) is 0.0547. The van der Waals surface area contributed by atoms with Crippen LogP contribution >= 0.6 is 35.0 Å². The lowest BCUT2D eigenvalue weighted by Crippen LogP contribution is -2.22. The summed E-state index contributed by atoms with van der Waals surface area (Å²) in [6.07, 6.45) is 4.62. The van der Waals surface area contributed by atoms with E-state index in [0.29, 0.717) is 18.3 Å². The van der Waals surface area contributed by atoms with Gasteiger partial charge in [0.1, 0.15) is 18.8 Å². The Morgan fingerprint density at radius 2 is 1.82 bits per heavy atom. The first-order valence-corrected chi connectivity index (χ1v) is 5.49. The van der Waals surface area contributed by atoms with Crippen LogP contribution in [0.1, 0.15) is 5.82 Å². The largest absolute Gasteiger partial charge is 0.251 e. The Bertz CT molecular complexity index is 492. The fourth-order valence-electron chi connectivity index (χ4n) is 1.03. The summed E-state index contributed by atoms with van der Waals surface area (Å²) in [4.78, 5) is 19.2. The quantitative estimate of drug-likeness (QED) is 0.782. The lowest BCUT2D eigenvalue weighted by molar-refractivity contribution is 0.672. The van der Waals surface area contributed by atoms with E-state index in [1.807, 2.05) is 0 Å². The van der Waals surface area contributed by atoms with Gasteiger partial charge in [0, 0.05) is 11.8 Å². The molecule has 0 unspecified atom stereocenters. The zero-order valence-electron chi connectivity index (χ0n) is 8.26. The van der Waals surface area contributed by atoms with Crippen molar-refractivity contribution in [1.29, 1.82) is 0 Å². The van der Waals surface area contributed by atoms with E-state index < -0.39 is 0 Å². The van der Waals surface area contributed by atoms with Crippen molar-refractivity contribution in [3.8, 4) is 0 Å². The maximum Gasteiger partial charge on any atom is 0.227 e. The predicted molar refractivity (Wildman–Crippen MR) is 67.4 cm³/mol. The van der Waals surface area contributed by atoms with Gasteiger partial charge >= 0.3 is 0 Å². The summed E-state index contributed by atoms with van der Waals surface area (Å²) in [5.74, 6) is 0.847. The molecule has 1 aliphatic rings. The third-order valence-corrected chi connectivity index (χ3v) is 2.32. The van der Waals surface area contributed by atoms with Crippen molar-refractivity contribution >= 4 is 53.2 Å². The van der Waals surface area contributed by atoms with E-state index >= 15 is 0 Å². The molecule has 0 radical (unpaired) electrons. The summed E-state index contributed by atoms with van der Waals surface area (Å²) in [7, 11) is 0. The van der Waals surface area contributed by atoms with Gasteiger partial charge in [-0.3, -0.25) is 4.99 Å². The van der Waals surface area contributed by atoms with Gasteiger partial charge in [-0.15, -0.1) is 0 Å². The van der Waals surface area contributed by atoms with Crippen LogP contribution in [-0.4, -0.2) is 38.2 Å². The van der Waals surface area contributed by atoms with E-state index in [1.165, 1.54) is 10.8 Å².